The molecule has 148 valence electrons. The number of carbonyl (C=O) groups excluding carboxylic acids is 2. The summed E-state index contributed by atoms with van der Waals surface area (Å²) in [5, 5.41) is 13.2. The van der Waals surface area contributed by atoms with Crippen LogP contribution in [0.3, 0.4) is 0 Å². The van der Waals surface area contributed by atoms with E-state index in [0.29, 0.717) is 43.2 Å². The summed E-state index contributed by atoms with van der Waals surface area (Å²) in [4.78, 5) is 45.1. The van der Waals surface area contributed by atoms with E-state index in [-0.39, 0.29) is 18.0 Å². The van der Waals surface area contributed by atoms with E-state index >= 15 is 0 Å². The van der Waals surface area contributed by atoms with Crippen molar-refractivity contribution in [2.45, 2.75) is 38.4 Å². The minimum Gasteiger partial charge on any atom is -0.465 e. The molecule has 0 bridgehead atoms. The van der Waals surface area contributed by atoms with Crippen LogP contribution in [0.2, 0.25) is 0 Å². The summed E-state index contributed by atoms with van der Waals surface area (Å²) in [6, 6.07) is 2.66. The Labute approximate surface area is 165 Å². The van der Waals surface area contributed by atoms with Crippen molar-refractivity contribution in [2.24, 2.45) is 0 Å². The molecule has 1 unspecified atom stereocenters. The third kappa shape index (κ3) is 3.24. The van der Waals surface area contributed by atoms with Crippen LogP contribution in [0.5, 0.6) is 0 Å². The summed E-state index contributed by atoms with van der Waals surface area (Å²) in [7, 11) is 0. The molecule has 2 aromatic rings. The highest BCUT2D eigenvalue weighted by atomic mass is 32.1. The lowest BCUT2D eigenvalue weighted by Crippen LogP contribution is -2.50. The van der Waals surface area contributed by atoms with E-state index in [1.54, 1.807) is 27.8 Å². The molecule has 2 aromatic heterocycles. The Morgan fingerprint density at radius 1 is 1.36 bits per heavy atom. The van der Waals surface area contributed by atoms with Gasteiger partial charge in [0.05, 0.1) is 18.4 Å². The van der Waals surface area contributed by atoms with Crippen LogP contribution in [-0.2, 0) is 11.3 Å². The second-order valence-corrected chi connectivity index (χ2v) is 7.98. The third-order valence-electron chi connectivity index (χ3n) is 5.34. The van der Waals surface area contributed by atoms with E-state index in [9.17, 15) is 14.4 Å². The number of thiophene rings is 1. The summed E-state index contributed by atoms with van der Waals surface area (Å²) < 4.78 is 1.64. The minimum absolute atomic E-state index is 0.0567. The highest BCUT2D eigenvalue weighted by molar-refractivity contribution is 7.10. The highest BCUT2D eigenvalue weighted by Crippen LogP contribution is 2.28. The van der Waals surface area contributed by atoms with Crippen molar-refractivity contribution in [3.63, 3.8) is 0 Å². The van der Waals surface area contributed by atoms with Gasteiger partial charge in [-0.05, 0) is 31.2 Å². The normalized spacial score (nSPS) is 18.2. The largest absolute Gasteiger partial charge is 0.465 e. The van der Waals surface area contributed by atoms with Crippen LogP contribution in [-0.4, -0.2) is 61.6 Å². The van der Waals surface area contributed by atoms with E-state index in [1.165, 1.54) is 11.3 Å². The van der Waals surface area contributed by atoms with Gasteiger partial charge in [0.1, 0.15) is 11.9 Å². The number of nitrogens with zero attached hydrogens (tertiary/aromatic N) is 4. The maximum Gasteiger partial charge on any atom is 0.405 e. The number of aryl methyl sites for hydroxylation is 1. The molecule has 2 aliphatic rings. The van der Waals surface area contributed by atoms with Gasteiger partial charge in [-0.2, -0.15) is 0 Å². The zero-order valence-electron chi connectivity index (χ0n) is 15.4. The maximum absolute atomic E-state index is 12.9. The summed E-state index contributed by atoms with van der Waals surface area (Å²) >= 11 is 1.35. The summed E-state index contributed by atoms with van der Waals surface area (Å²) in [6.07, 6.45) is 1.84. The molecule has 1 atom stereocenters. The Morgan fingerprint density at radius 2 is 2.11 bits per heavy atom. The predicted octanol–water partition coefficient (Wildman–Crippen LogP) is 2.04. The standard InChI is InChI=1S/C18H21N5O4S/c1-11-19-9-13-10-22(18(27)23(11)13)12-4-6-21(7-5-12)16(24)15(20-17(25)26)14-3-2-8-28-14/h2-3,8-9,12,15,20H,4-7,10H2,1H3,(H,25,26). The number of hydrogen-bond donors (Lipinski definition) is 2. The van der Waals surface area contributed by atoms with Crippen molar-refractivity contribution >= 4 is 29.4 Å². The van der Waals surface area contributed by atoms with E-state index in [2.05, 4.69) is 10.3 Å². The molecule has 3 amide bonds. The Kier molecular flexibility index (Phi) is 4.80. The first-order valence-electron chi connectivity index (χ1n) is 9.11. The number of rotatable bonds is 4. The van der Waals surface area contributed by atoms with Gasteiger partial charge in [-0.15, -0.1) is 11.3 Å². The summed E-state index contributed by atoms with van der Waals surface area (Å²) in [6.45, 7) is 3.33. The van der Waals surface area contributed by atoms with Crippen LogP contribution < -0.4 is 5.32 Å². The zero-order valence-corrected chi connectivity index (χ0v) is 16.2. The third-order valence-corrected chi connectivity index (χ3v) is 6.28. The van der Waals surface area contributed by atoms with Gasteiger partial charge in [-0.25, -0.2) is 14.6 Å². The number of likely N-dealkylation sites (tertiary alicyclic amines) is 1. The number of hydrogen-bond acceptors (Lipinski definition) is 5. The van der Waals surface area contributed by atoms with Gasteiger partial charge in [0, 0.05) is 24.0 Å². The topological polar surface area (TPSA) is 108 Å². The molecule has 9 nitrogen and oxygen atoms in total. The summed E-state index contributed by atoms with van der Waals surface area (Å²) in [5.41, 5.74) is 0.893. The molecule has 4 rings (SSSR count). The monoisotopic (exact) mass is 403 g/mol. The van der Waals surface area contributed by atoms with Crippen LogP contribution in [0, 0.1) is 6.92 Å². The van der Waals surface area contributed by atoms with Crippen molar-refractivity contribution in [1.82, 2.24) is 24.7 Å². The first-order chi connectivity index (χ1) is 13.5. The SMILES string of the molecule is Cc1ncc2n1C(=O)N(C1CCN(C(=O)C(NC(=O)O)c3cccs3)CC1)C2. The number of aromatic nitrogens is 2. The van der Waals surface area contributed by atoms with Gasteiger partial charge in [-0.1, -0.05) is 6.07 Å². The lowest BCUT2D eigenvalue weighted by atomic mass is 10.0. The van der Waals surface area contributed by atoms with Gasteiger partial charge in [0.15, 0.2) is 0 Å². The summed E-state index contributed by atoms with van der Waals surface area (Å²) in [5.74, 6) is 0.441. The maximum atomic E-state index is 12.9. The predicted molar refractivity (Wildman–Crippen MR) is 101 cm³/mol. The number of carboxylic acid groups (broad SMARTS) is 1. The number of fused-ring (bicyclic) bond motifs is 1. The molecule has 4 heterocycles. The second kappa shape index (κ2) is 7.27. The smallest absolute Gasteiger partial charge is 0.405 e. The molecule has 1 saturated heterocycles. The molecule has 0 spiro atoms. The van der Waals surface area contributed by atoms with Crippen molar-refractivity contribution < 1.29 is 19.5 Å². The van der Waals surface area contributed by atoms with Crippen molar-refractivity contribution in [3.8, 4) is 0 Å². The molecule has 2 N–H and O–H groups in total. The molecule has 10 heteroatoms. The Morgan fingerprint density at radius 3 is 2.71 bits per heavy atom. The average Bonchev–Trinajstić information content (AvgIpc) is 3.39. The first-order valence-corrected chi connectivity index (χ1v) is 9.99. The molecule has 0 radical (unpaired) electrons. The number of piperidine rings is 1. The molecule has 0 aromatic carbocycles. The number of imidazole rings is 1. The van der Waals surface area contributed by atoms with E-state index in [0.717, 1.165) is 5.69 Å². The van der Waals surface area contributed by atoms with Gasteiger partial charge in [0.2, 0.25) is 0 Å². The van der Waals surface area contributed by atoms with Crippen molar-refractivity contribution in [1.29, 1.82) is 0 Å². The zero-order chi connectivity index (χ0) is 19.8. The quantitative estimate of drug-likeness (QED) is 0.812. The fraction of sp³-hybridized carbons (Fsp3) is 0.444. The Balaban J connectivity index is 1.40. The Bertz CT molecular complexity index is 901. The van der Waals surface area contributed by atoms with Crippen LogP contribution >= 0.6 is 11.3 Å². The van der Waals surface area contributed by atoms with E-state index < -0.39 is 12.1 Å². The Hall–Kier alpha value is -2.88. The average molecular weight is 403 g/mol. The van der Waals surface area contributed by atoms with Crippen LogP contribution in [0.4, 0.5) is 9.59 Å². The van der Waals surface area contributed by atoms with Crippen molar-refractivity contribution in [3.05, 3.63) is 40.1 Å². The number of amides is 3. The van der Waals surface area contributed by atoms with Gasteiger partial charge < -0.3 is 20.2 Å². The van der Waals surface area contributed by atoms with E-state index in [1.807, 2.05) is 17.2 Å². The minimum atomic E-state index is -1.23. The van der Waals surface area contributed by atoms with Gasteiger partial charge >= 0.3 is 12.1 Å². The van der Waals surface area contributed by atoms with Crippen LogP contribution in [0.25, 0.3) is 0 Å². The molecular weight excluding hydrogens is 382 g/mol. The van der Waals surface area contributed by atoms with Crippen LogP contribution in [0.1, 0.15) is 35.3 Å². The molecule has 0 aliphatic carbocycles. The van der Waals surface area contributed by atoms with Gasteiger partial charge in [0.25, 0.3) is 5.91 Å². The number of carbonyl (C=O) groups is 3. The molecule has 28 heavy (non-hydrogen) atoms. The fourth-order valence-electron chi connectivity index (χ4n) is 3.93. The fourth-order valence-corrected chi connectivity index (χ4v) is 4.70. The number of nitrogens with one attached hydrogen (secondary N) is 1. The molecule has 2 aliphatic heterocycles. The van der Waals surface area contributed by atoms with Gasteiger partial charge in [-0.3, -0.25) is 9.36 Å². The lowest BCUT2D eigenvalue weighted by molar-refractivity contribution is -0.134. The van der Waals surface area contributed by atoms with Crippen molar-refractivity contribution in [2.75, 3.05) is 13.1 Å². The molecule has 0 saturated carbocycles. The lowest BCUT2D eigenvalue weighted by Gasteiger charge is -2.37. The van der Waals surface area contributed by atoms with E-state index in [4.69, 9.17) is 5.11 Å². The molecular formula is C18H21N5O4S. The van der Waals surface area contributed by atoms with Crippen LogP contribution in [0.15, 0.2) is 23.7 Å². The second-order valence-electron chi connectivity index (χ2n) is 7.00. The molecule has 1 fully saturated rings. The first kappa shape index (κ1) is 18.5. The highest BCUT2D eigenvalue weighted by Gasteiger charge is 2.37.